The fourth-order valence-electron chi connectivity index (χ4n) is 7.06. The summed E-state index contributed by atoms with van der Waals surface area (Å²) in [7, 11) is 0. The number of anilines is 2. The van der Waals surface area contributed by atoms with E-state index in [4.69, 9.17) is 4.74 Å². The zero-order chi connectivity index (χ0) is 27.1. The summed E-state index contributed by atoms with van der Waals surface area (Å²) >= 11 is 0. The minimum absolute atomic E-state index is 0.0135. The highest BCUT2D eigenvalue weighted by Crippen LogP contribution is 2.53. The Morgan fingerprint density at radius 3 is 2.74 bits per heavy atom. The molecule has 8 nitrogen and oxygen atoms in total. The van der Waals surface area contributed by atoms with Gasteiger partial charge in [-0.3, -0.25) is 14.4 Å². The third-order valence-corrected chi connectivity index (χ3v) is 9.02. The van der Waals surface area contributed by atoms with Crippen LogP contribution in [0.3, 0.4) is 0 Å². The van der Waals surface area contributed by atoms with E-state index < -0.39 is 5.60 Å². The van der Waals surface area contributed by atoms with Crippen LogP contribution in [0.15, 0.2) is 48.5 Å². The van der Waals surface area contributed by atoms with Crippen molar-refractivity contribution in [3.63, 3.8) is 0 Å². The topological polar surface area (TPSA) is 90.4 Å². The van der Waals surface area contributed by atoms with Crippen molar-refractivity contribution in [2.75, 3.05) is 29.5 Å². The first-order valence-electron chi connectivity index (χ1n) is 14.3. The number of fused-ring (bicyclic) bond motifs is 2. The molecular formula is C31H37N3O5. The Labute approximate surface area is 229 Å². The quantitative estimate of drug-likeness (QED) is 0.613. The standard InChI is InChI=1S/C31H37N3O5/c1-21-16-25(18-29(37)33-15-7-10-24(33)20-35)39-31(21)26-11-2-3-12-27(26)34(30(31)38)19-22-8-6-9-23(17-22)32-14-5-4-13-28(32)36/h2-3,6,8-9,11-12,17,21,24-25,35H,4-5,7,10,13-16,18-20H2,1H3/t21-,24-,25-,31+/m0/s1. The minimum Gasteiger partial charge on any atom is -0.394 e. The maximum atomic E-state index is 14.2. The predicted molar refractivity (Wildman–Crippen MR) is 147 cm³/mol. The molecule has 0 aromatic heterocycles. The van der Waals surface area contributed by atoms with Crippen LogP contribution in [0.2, 0.25) is 0 Å². The molecule has 1 spiro atoms. The number of piperidine rings is 1. The Hall–Kier alpha value is -3.23. The Kier molecular flexibility index (Phi) is 6.93. The van der Waals surface area contributed by atoms with Crippen LogP contribution in [0.5, 0.6) is 0 Å². The van der Waals surface area contributed by atoms with Crippen molar-refractivity contribution in [1.82, 2.24) is 4.90 Å². The number of aliphatic hydroxyl groups is 1. The molecule has 3 amide bonds. The molecule has 4 heterocycles. The van der Waals surface area contributed by atoms with Gasteiger partial charge < -0.3 is 24.5 Å². The van der Waals surface area contributed by atoms with Crippen molar-refractivity contribution < 1.29 is 24.2 Å². The average Bonchev–Trinajstić information content (AvgIpc) is 3.62. The lowest BCUT2D eigenvalue weighted by Crippen LogP contribution is -2.44. The number of aliphatic hydroxyl groups excluding tert-OH is 1. The van der Waals surface area contributed by atoms with Gasteiger partial charge in [-0.2, -0.15) is 0 Å². The lowest BCUT2D eigenvalue weighted by molar-refractivity contribution is -0.150. The predicted octanol–water partition coefficient (Wildman–Crippen LogP) is 3.74. The number of nitrogens with zero attached hydrogens (tertiary/aromatic N) is 3. The van der Waals surface area contributed by atoms with Crippen molar-refractivity contribution in [3.05, 3.63) is 59.7 Å². The lowest BCUT2D eigenvalue weighted by Gasteiger charge is -2.29. The molecule has 6 rings (SSSR count). The van der Waals surface area contributed by atoms with Gasteiger partial charge in [0.05, 0.1) is 37.4 Å². The molecule has 0 radical (unpaired) electrons. The maximum Gasteiger partial charge on any atom is 0.264 e. The fraction of sp³-hybridized carbons (Fsp3) is 0.516. The number of ether oxygens (including phenoxy) is 1. The number of benzene rings is 2. The number of hydrogen-bond acceptors (Lipinski definition) is 5. The van der Waals surface area contributed by atoms with E-state index in [1.807, 2.05) is 60.4 Å². The molecule has 0 unspecified atom stereocenters. The Bertz CT molecular complexity index is 1280. The van der Waals surface area contributed by atoms with Crippen LogP contribution >= 0.6 is 0 Å². The SMILES string of the molecule is C[C@H]1C[C@@H](CC(=O)N2CCC[C@H]2CO)O[C@]12C(=O)N(Cc1cccc(N3CCCCC3=O)c1)c1ccccc12. The molecule has 3 fully saturated rings. The molecule has 1 N–H and O–H groups in total. The molecule has 2 aromatic carbocycles. The smallest absolute Gasteiger partial charge is 0.264 e. The van der Waals surface area contributed by atoms with Crippen molar-refractivity contribution in [3.8, 4) is 0 Å². The molecule has 2 aromatic rings. The molecule has 4 aliphatic rings. The van der Waals surface area contributed by atoms with Gasteiger partial charge in [0.15, 0.2) is 5.60 Å². The van der Waals surface area contributed by atoms with E-state index in [1.165, 1.54) is 0 Å². The average molecular weight is 532 g/mol. The summed E-state index contributed by atoms with van der Waals surface area (Å²) < 4.78 is 6.61. The number of likely N-dealkylation sites (tertiary alicyclic amines) is 1. The molecule has 206 valence electrons. The van der Waals surface area contributed by atoms with Gasteiger partial charge in [0.2, 0.25) is 11.8 Å². The number of rotatable bonds is 6. The normalized spacial score (nSPS) is 28.6. The van der Waals surface area contributed by atoms with Crippen LogP contribution in [-0.4, -0.2) is 59.6 Å². The zero-order valence-electron chi connectivity index (χ0n) is 22.6. The summed E-state index contributed by atoms with van der Waals surface area (Å²) in [4.78, 5) is 45.3. The Balaban J connectivity index is 1.24. The summed E-state index contributed by atoms with van der Waals surface area (Å²) in [5.41, 5.74) is 2.39. The van der Waals surface area contributed by atoms with Crippen LogP contribution in [0.1, 0.15) is 63.0 Å². The molecular weight excluding hydrogens is 494 g/mol. The fourth-order valence-corrected chi connectivity index (χ4v) is 7.06. The first-order chi connectivity index (χ1) is 18.9. The molecule has 3 saturated heterocycles. The number of hydrogen-bond donors (Lipinski definition) is 1. The number of para-hydroxylation sites is 1. The van der Waals surface area contributed by atoms with Crippen molar-refractivity contribution in [2.24, 2.45) is 5.92 Å². The van der Waals surface area contributed by atoms with E-state index in [-0.39, 0.29) is 48.8 Å². The second-order valence-electron chi connectivity index (χ2n) is 11.5. The molecule has 8 heteroatoms. The molecule has 4 atom stereocenters. The number of amides is 3. The van der Waals surface area contributed by atoms with Gasteiger partial charge in [0, 0.05) is 36.7 Å². The summed E-state index contributed by atoms with van der Waals surface area (Å²) in [6.45, 7) is 3.77. The molecule has 0 aliphatic carbocycles. The number of carbonyl (C=O) groups excluding carboxylic acids is 3. The van der Waals surface area contributed by atoms with Gasteiger partial charge in [-0.25, -0.2) is 0 Å². The third kappa shape index (κ3) is 4.43. The van der Waals surface area contributed by atoms with Gasteiger partial charge in [-0.05, 0) is 55.9 Å². The van der Waals surface area contributed by atoms with E-state index >= 15 is 0 Å². The molecule has 39 heavy (non-hydrogen) atoms. The summed E-state index contributed by atoms with van der Waals surface area (Å²) in [5, 5.41) is 9.66. The Morgan fingerprint density at radius 2 is 1.92 bits per heavy atom. The van der Waals surface area contributed by atoms with Crippen LogP contribution in [-0.2, 0) is 31.3 Å². The van der Waals surface area contributed by atoms with Crippen molar-refractivity contribution >= 4 is 29.1 Å². The molecule has 4 aliphatic heterocycles. The highest BCUT2D eigenvalue weighted by molar-refractivity contribution is 6.07. The van der Waals surface area contributed by atoms with Gasteiger partial charge in [-0.15, -0.1) is 0 Å². The van der Waals surface area contributed by atoms with Gasteiger partial charge in [0.25, 0.3) is 5.91 Å². The second-order valence-corrected chi connectivity index (χ2v) is 11.5. The van der Waals surface area contributed by atoms with Crippen LogP contribution in [0, 0.1) is 5.92 Å². The van der Waals surface area contributed by atoms with Gasteiger partial charge in [-0.1, -0.05) is 37.3 Å². The number of carbonyl (C=O) groups is 3. The van der Waals surface area contributed by atoms with E-state index in [0.29, 0.717) is 25.9 Å². The highest BCUT2D eigenvalue weighted by Gasteiger charge is 2.60. The van der Waals surface area contributed by atoms with E-state index in [9.17, 15) is 19.5 Å². The van der Waals surface area contributed by atoms with Crippen LogP contribution < -0.4 is 9.80 Å². The van der Waals surface area contributed by atoms with Gasteiger partial charge >= 0.3 is 0 Å². The van der Waals surface area contributed by atoms with Gasteiger partial charge in [0.1, 0.15) is 0 Å². The third-order valence-electron chi connectivity index (χ3n) is 9.02. The van der Waals surface area contributed by atoms with E-state index in [1.54, 1.807) is 9.80 Å². The lowest BCUT2D eigenvalue weighted by atomic mass is 9.83. The van der Waals surface area contributed by atoms with Crippen molar-refractivity contribution in [1.29, 1.82) is 0 Å². The summed E-state index contributed by atoms with van der Waals surface area (Å²) in [6.07, 6.45) is 4.68. The first kappa shape index (κ1) is 26.0. The summed E-state index contributed by atoms with van der Waals surface area (Å²) in [5.74, 6) is -0.0631. The van der Waals surface area contributed by atoms with Crippen molar-refractivity contribution in [2.45, 2.75) is 76.2 Å². The largest absolute Gasteiger partial charge is 0.394 e. The maximum absolute atomic E-state index is 14.2. The Morgan fingerprint density at radius 1 is 1.08 bits per heavy atom. The van der Waals surface area contributed by atoms with E-state index in [2.05, 4.69) is 0 Å². The molecule has 0 saturated carbocycles. The van der Waals surface area contributed by atoms with Crippen LogP contribution in [0.4, 0.5) is 11.4 Å². The first-order valence-corrected chi connectivity index (χ1v) is 14.3. The highest BCUT2D eigenvalue weighted by atomic mass is 16.5. The second kappa shape index (κ2) is 10.4. The molecule has 0 bridgehead atoms. The zero-order valence-corrected chi connectivity index (χ0v) is 22.6. The van der Waals surface area contributed by atoms with E-state index in [0.717, 1.165) is 54.7 Å². The monoisotopic (exact) mass is 531 g/mol. The summed E-state index contributed by atoms with van der Waals surface area (Å²) in [6, 6.07) is 15.6. The van der Waals surface area contributed by atoms with Crippen LogP contribution in [0.25, 0.3) is 0 Å². The minimum atomic E-state index is -1.12.